The molecule has 8 heteroatoms. The number of hydrogen-bond acceptors (Lipinski definition) is 7. The Bertz CT molecular complexity index is 1310. The van der Waals surface area contributed by atoms with Gasteiger partial charge in [0.2, 0.25) is 0 Å². The van der Waals surface area contributed by atoms with E-state index in [1.165, 1.54) is 0 Å². The smallest absolute Gasteiger partial charge is 0.197 e. The number of carbonyl (C=O) groups is 2. The van der Waals surface area contributed by atoms with Crippen LogP contribution in [-0.2, 0) is 9.47 Å². The number of ether oxygens (including phenoxy) is 2. The number of nitrogens with one attached hydrogen (secondary N) is 1. The summed E-state index contributed by atoms with van der Waals surface area (Å²) in [7, 11) is 0. The van der Waals surface area contributed by atoms with Crippen molar-refractivity contribution in [3.8, 4) is 0 Å². The molecule has 5 rings (SSSR count). The molecule has 3 heterocycles. The first-order chi connectivity index (χ1) is 17.6. The van der Waals surface area contributed by atoms with Crippen molar-refractivity contribution in [2.45, 2.75) is 38.8 Å². The number of fused-ring (bicyclic) bond motifs is 2. The molecule has 2 aromatic carbocycles. The predicted octanol–water partition coefficient (Wildman–Crippen LogP) is 3.27. The van der Waals surface area contributed by atoms with Gasteiger partial charge in [0.25, 0.3) is 0 Å². The van der Waals surface area contributed by atoms with Crippen molar-refractivity contribution in [2.75, 3.05) is 52.6 Å². The molecule has 2 saturated heterocycles. The molecule has 0 amide bonds. The zero-order valence-electron chi connectivity index (χ0n) is 22.1. The number of H-pyrrole nitrogens is 1. The number of morpholine rings is 2. The number of nitrogens with zero attached hydrogens (tertiary/aromatic N) is 2. The Morgan fingerprint density at radius 1 is 0.703 bits per heavy atom. The Labute approximate surface area is 216 Å². The second kappa shape index (κ2) is 9.76. The fraction of sp³-hybridized carbons (Fsp3) is 0.483. The maximum Gasteiger partial charge on any atom is 0.197 e. The highest BCUT2D eigenvalue weighted by atomic mass is 16.5. The average Bonchev–Trinajstić information content (AvgIpc) is 2.93. The van der Waals surface area contributed by atoms with Crippen molar-refractivity contribution in [3.05, 3.63) is 57.7 Å². The van der Waals surface area contributed by atoms with Gasteiger partial charge in [-0.3, -0.25) is 24.2 Å². The number of ketones is 2. The minimum absolute atomic E-state index is 0.0352. The molecule has 0 unspecified atom stereocenters. The molecule has 196 valence electrons. The van der Waals surface area contributed by atoms with Gasteiger partial charge in [0.15, 0.2) is 17.0 Å². The predicted molar refractivity (Wildman–Crippen MR) is 144 cm³/mol. The summed E-state index contributed by atoms with van der Waals surface area (Å²) in [5, 5.41) is 0.876. The van der Waals surface area contributed by atoms with Crippen LogP contribution in [0.1, 0.15) is 48.4 Å². The maximum atomic E-state index is 13.6. The van der Waals surface area contributed by atoms with Crippen molar-refractivity contribution in [2.24, 2.45) is 0 Å². The van der Waals surface area contributed by atoms with Crippen LogP contribution in [0.4, 0.5) is 0 Å². The molecule has 0 aliphatic carbocycles. The van der Waals surface area contributed by atoms with Gasteiger partial charge in [-0.1, -0.05) is 0 Å². The third kappa shape index (κ3) is 4.63. The van der Waals surface area contributed by atoms with Crippen molar-refractivity contribution in [1.82, 2.24) is 14.8 Å². The molecule has 37 heavy (non-hydrogen) atoms. The third-order valence-corrected chi connectivity index (χ3v) is 8.04. The molecule has 1 N–H and O–H groups in total. The van der Waals surface area contributed by atoms with Gasteiger partial charge in [-0.15, -0.1) is 0 Å². The van der Waals surface area contributed by atoms with Crippen LogP contribution < -0.4 is 5.43 Å². The van der Waals surface area contributed by atoms with E-state index in [0.29, 0.717) is 85.5 Å². The number of Topliss-reactive ketones (excluding diaryl/α,β-unsaturated/α-hetero) is 2. The van der Waals surface area contributed by atoms with Gasteiger partial charge >= 0.3 is 0 Å². The molecule has 0 saturated carbocycles. The number of carbonyl (C=O) groups excluding carboxylic acids is 2. The van der Waals surface area contributed by atoms with E-state index in [1.54, 1.807) is 36.4 Å². The van der Waals surface area contributed by atoms with Crippen LogP contribution in [0.3, 0.4) is 0 Å². The second-order valence-electron chi connectivity index (χ2n) is 10.9. The van der Waals surface area contributed by atoms with E-state index in [9.17, 15) is 14.4 Å². The molecule has 0 radical (unpaired) electrons. The zero-order valence-corrected chi connectivity index (χ0v) is 22.1. The third-order valence-electron chi connectivity index (χ3n) is 8.04. The van der Waals surface area contributed by atoms with Gasteiger partial charge in [0.1, 0.15) is 0 Å². The Balaban J connectivity index is 1.52. The molecule has 0 atom stereocenters. The number of hydrogen-bond donors (Lipinski definition) is 1. The largest absolute Gasteiger partial charge is 0.379 e. The monoisotopic (exact) mass is 505 g/mol. The lowest BCUT2D eigenvalue weighted by Crippen LogP contribution is -2.54. The van der Waals surface area contributed by atoms with E-state index in [4.69, 9.17) is 9.47 Å². The highest BCUT2D eigenvalue weighted by Gasteiger charge is 2.37. The van der Waals surface area contributed by atoms with Crippen molar-refractivity contribution in [3.63, 3.8) is 0 Å². The van der Waals surface area contributed by atoms with Gasteiger partial charge in [-0.25, -0.2) is 0 Å². The van der Waals surface area contributed by atoms with Crippen LogP contribution in [0.5, 0.6) is 0 Å². The molecule has 8 nitrogen and oxygen atoms in total. The number of aromatic amines is 1. The summed E-state index contributed by atoms with van der Waals surface area (Å²) in [6.07, 6.45) is 0. The van der Waals surface area contributed by atoms with E-state index in [-0.39, 0.29) is 17.0 Å². The summed E-state index contributed by atoms with van der Waals surface area (Å²) in [5.74, 6) is -0.0704. The number of aromatic nitrogens is 1. The van der Waals surface area contributed by atoms with Gasteiger partial charge in [-0.2, -0.15) is 0 Å². The van der Waals surface area contributed by atoms with Gasteiger partial charge in [0, 0.05) is 59.1 Å². The van der Waals surface area contributed by atoms with Gasteiger partial charge in [0.05, 0.1) is 37.5 Å². The molecule has 0 spiro atoms. The van der Waals surface area contributed by atoms with Crippen LogP contribution in [-0.4, -0.2) is 90.0 Å². The lowest BCUT2D eigenvalue weighted by molar-refractivity contribution is -0.00442. The van der Waals surface area contributed by atoms with E-state index in [2.05, 4.69) is 14.8 Å². The average molecular weight is 506 g/mol. The van der Waals surface area contributed by atoms with Crippen LogP contribution in [0, 0.1) is 0 Å². The summed E-state index contributed by atoms with van der Waals surface area (Å²) in [6.45, 7) is 12.8. The fourth-order valence-electron chi connectivity index (χ4n) is 5.49. The summed E-state index contributed by atoms with van der Waals surface area (Å²) in [5.41, 5.74) is 0.680. The first-order valence-corrected chi connectivity index (χ1v) is 13.0. The highest BCUT2D eigenvalue weighted by molar-refractivity contribution is 6.07. The van der Waals surface area contributed by atoms with E-state index >= 15 is 0 Å². The van der Waals surface area contributed by atoms with Crippen LogP contribution in [0.15, 0.2) is 41.2 Å². The van der Waals surface area contributed by atoms with Crippen molar-refractivity contribution >= 4 is 33.4 Å². The molecular weight excluding hydrogens is 470 g/mol. The van der Waals surface area contributed by atoms with Gasteiger partial charge < -0.3 is 14.5 Å². The SMILES string of the molecule is CC(C)(C(=O)c1ccc2[nH]c3ccc(C(=O)C(C)(C)N4CCOCC4)cc3c(=O)c2c1)N1CCOCC1. The first kappa shape index (κ1) is 25.7. The second-order valence-corrected chi connectivity index (χ2v) is 10.9. The minimum atomic E-state index is -0.717. The maximum absolute atomic E-state index is 13.6. The van der Waals surface area contributed by atoms with Crippen LogP contribution in [0.25, 0.3) is 21.8 Å². The Morgan fingerprint density at radius 2 is 1.08 bits per heavy atom. The fourth-order valence-corrected chi connectivity index (χ4v) is 5.49. The quantitative estimate of drug-likeness (QED) is 0.406. The summed E-state index contributed by atoms with van der Waals surface area (Å²) < 4.78 is 10.9. The molecule has 2 fully saturated rings. The topological polar surface area (TPSA) is 91.9 Å². The Morgan fingerprint density at radius 3 is 1.46 bits per heavy atom. The van der Waals surface area contributed by atoms with Crippen LogP contribution >= 0.6 is 0 Å². The molecule has 3 aromatic rings. The molecular formula is C29H35N3O5. The minimum Gasteiger partial charge on any atom is -0.379 e. The van der Waals surface area contributed by atoms with Gasteiger partial charge in [-0.05, 0) is 64.1 Å². The molecule has 2 aliphatic rings. The van der Waals surface area contributed by atoms with E-state index < -0.39 is 11.1 Å². The van der Waals surface area contributed by atoms with E-state index in [1.807, 2.05) is 27.7 Å². The number of pyridine rings is 1. The summed E-state index contributed by atoms with van der Waals surface area (Å²) >= 11 is 0. The Kier molecular flexibility index (Phi) is 6.79. The van der Waals surface area contributed by atoms with Crippen molar-refractivity contribution in [1.29, 1.82) is 0 Å². The summed E-state index contributed by atoms with van der Waals surface area (Å²) in [4.78, 5) is 48.3. The Hall–Kier alpha value is -2.91. The zero-order chi connectivity index (χ0) is 26.4. The number of benzene rings is 2. The van der Waals surface area contributed by atoms with Crippen molar-refractivity contribution < 1.29 is 19.1 Å². The lowest BCUT2D eigenvalue weighted by atomic mass is 9.89. The number of rotatable bonds is 6. The molecule has 2 aliphatic heterocycles. The lowest BCUT2D eigenvalue weighted by Gasteiger charge is -2.39. The normalized spacial score (nSPS) is 18.4. The highest BCUT2D eigenvalue weighted by Crippen LogP contribution is 2.26. The summed E-state index contributed by atoms with van der Waals surface area (Å²) in [6, 6.07) is 10.5. The van der Waals surface area contributed by atoms with Crippen LogP contribution in [0.2, 0.25) is 0 Å². The standard InChI is InChI=1S/C29H35N3O5/c1-28(2,31-9-13-36-14-10-31)26(34)19-5-7-23-21(17-19)25(33)22-18-20(6-8-24(22)30-23)27(35)29(3,4)32-11-15-37-16-12-32/h5-8,17-18H,9-16H2,1-4H3,(H,30,33). The van der Waals surface area contributed by atoms with E-state index in [0.717, 1.165) is 0 Å². The first-order valence-electron chi connectivity index (χ1n) is 13.0. The molecule has 0 bridgehead atoms. The molecule has 1 aromatic heterocycles.